The van der Waals surface area contributed by atoms with Crippen LogP contribution in [0.4, 0.5) is 0 Å². The number of esters is 1. The lowest BCUT2D eigenvalue weighted by atomic mass is 9.98. The van der Waals surface area contributed by atoms with Crippen molar-refractivity contribution >= 4 is 21.9 Å². The highest BCUT2D eigenvalue weighted by Crippen LogP contribution is 2.19. The van der Waals surface area contributed by atoms with Gasteiger partial charge in [-0.3, -0.25) is 4.79 Å². The van der Waals surface area contributed by atoms with E-state index >= 15 is 0 Å². The van der Waals surface area contributed by atoms with Gasteiger partial charge >= 0.3 is 5.97 Å². The van der Waals surface area contributed by atoms with E-state index in [4.69, 9.17) is 10.5 Å². The number of ether oxygens (including phenoxy) is 1. The van der Waals surface area contributed by atoms with Gasteiger partial charge in [0, 0.05) is 10.9 Å². The van der Waals surface area contributed by atoms with Crippen LogP contribution in [0.25, 0.3) is 0 Å². The van der Waals surface area contributed by atoms with Gasteiger partial charge in [0.15, 0.2) is 0 Å². The first-order valence-corrected chi connectivity index (χ1v) is 6.32. The minimum absolute atomic E-state index is 0.368. The minimum atomic E-state index is -0.584. The highest BCUT2D eigenvalue weighted by atomic mass is 79.9. The van der Waals surface area contributed by atoms with Crippen LogP contribution in [0.1, 0.15) is 26.3 Å². The zero-order valence-corrected chi connectivity index (χ0v) is 12.0. The predicted molar refractivity (Wildman–Crippen MR) is 71.7 cm³/mol. The Morgan fingerprint density at radius 3 is 2.41 bits per heavy atom. The van der Waals surface area contributed by atoms with E-state index in [1.165, 1.54) is 0 Å². The molecule has 1 unspecified atom stereocenters. The summed E-state index contributed by atoms with van der Waals surface area (Å²) in [5.41, 5.74) is 6.05. The lowest BCUT2D eigenvalue weighted by molar-refractivity contribution is -0.157. The number of benzene rings is 1. The summed E-state index contributed by atoms with van der Waals surface area (Å²) >= 11 is 3.38. The van der Waals surface area contributed by atoms with Crippen LogP contribution in [0.5, 0.6) is 0 Å². The first kappa shape index (κ1) is 14.2. The van der Waals surface area contributed by atoms with Crippen molar-refractivity contribution in [3.8, 4) is 0 Å². The monoisotopic (exact) mass is 299 g/mol. The molecule has 1 aromatic rings. The average molecular weight is 300 g/mol. The molecular weight excluding hydrogens is 282 g/mol. The molecular formula is C13H18BrNO2. The fourth-order valence-electron chi connectivity index (χ4n) is 1.50. The molecule has 0 radical (unpaired) electrons. The summed E-state index contributed by atoms with van der Waals surface area (Å²) in [5.74, 6) is -0.368. The molecule has 1 atom stereocenters. The molecule has 1 rings (SSSR count). The van der Waals surface area contributed by atoms with Crippen molar-refractivity contribution in [3.63, 3.8) is 0 Å². The first-order chi connectivity index (χ1) is 7.80. The summed E-state index contributed by atoms with van der Waals surface area (Å²) in [6.07, 6.45) is 0.665. The van der Waals surface area contributed by atoms with Crippen LogP contribution in [0.3, 0.4) is 0 Å². The van der Waals surface area contributed by atoms with E-state index in [0.29, 0.717) is 6.42 Å². The molecule has 0 amide bonds. The molecule has 0 fully saturated rings. The van der Waals surface area contributed by atoms with Crippen molar-refractivity contribution in [1.82, 2.24) is 0 Å². The van der Waals surface area contributed by atoms with Crippen LogP contribution in [0, 0.1) is 0 Å². The maximum atomic E-state index is 11.4. The van der Waals surface area contributed by atoms with E-state index < -0.39 is 11.6 Å². The van der Waals surface area contributed by atoms with Gasteiger partial charge in [-0.25, -0.2) is 0 Å². The number of rotatable bonds is 4. The zero-order chi connectivity index (χ0) is 13.1. The van der Waals surface area contributed by atoms with Crippen LogP contribution in [-0.2, 0) is 16.0 Å². The molecule has 0 heterocycles. The molecule has 0 aliphatic rings. The summed E-state index contributed by atoms with van der Waals surface area (Å²) in [6.45, 7) is 5.39. The molecule has 0 saturated carbocycles. The predicted octanol–water partition coefficient (Wildman–Crippen LogP) is 2.66. The first-order valence-electron chi connectivity index (χ1n) is 5.53. The molecule has 1 aromatic carbocycles. The second kappa shape index (κ2) is 5.65. The van der Waals surface area contributed by atoms with Gasteiger partial charge in [0.25, 0.3) is 0 Å². The van der Waals surface area contributed by atoms with Gasteiger partial charge in [0.1, 0.15) is 11.6 Å². The standard InChI is InChI=1S/C13H18BrNO2/c1-9(15)12(16)17-13(2,3)8-10-4-6-11(14)7-5-10/h4-7,9H,8,15H2,1-3H3. The summed E-state index contributed by atoms with van der Waals surface area (Å²) in [4.78, 5) is 11.4. The third kappa shape index (κ3) is 4.88. The van der Waals surface area contributed by atoms with E-state index in [1.807, 2.05) is 38.1 Å². The Hall–Kier alpha value is -0.870. The smallest absolute Gasteiger partial charge is 0.323 e. The van der Waals surface area contributed by atoms with Crippen LogP contribution in [0.15, 0.2) is 28.7 Å². The lowest BCUT2D eigenvalue weighted by Crippen LogP contribution is -2.38. The van der Waals surface area contributed by atoms with Gasteiger partial charge < -0.3 is 10.5 Å². The molecule has 4 heteroatoms. The minimum Gasteiger partial charge on any atom is -0.458 e. The second-order valence-corrected chi connectivity index (χ2v) is 5.69. The number of carbonyl (C=O) groups excluding carboxylic acids is 1. The van der Waals surface area contributed by atoms with Gasteiger partial charge in [0.05, 0.1) is 0 Å². The summed E-state index contributed by atoms with van der Waals surface area (Å²) in [7, 11) is 0. The Bertz CT molecular complexity index is 385. The van der Waals surface area contributed by atoms with Gasteiger partial charge in [-0.05, 0) is 38.5 Å². The van der Waals surface area contributed by atoms with E-state index in [9.17, 15) is 4.79 Å². The fraction of sp³-hybridized carbons (Fsp3) is 0.462. The third-order valence-electron chi connectivity index (χ3n) is 2.29. The molecule has 0 aliphatic carbocycles. The number of hydrogen-bond donors (Lipinski definition) is 1. The van der Waals surface area contributed by atoms with E-state index in [2.05, 4.69) is 15.9 Å². The molecule has 0 saturated heterocycles. The highest BCUT2D eigenvalue weighted by molar-refractivity contribution is 9.10. The van der Waals surface area contributed by atoms with E-state index in [0.717, 1.165) is 10.0 Å². The second-order valence-electron chi connectivity index (χ2n) is 4.77. The van der Waals surface area contributed by atoms with Gasteiger partial charge in [-0.1, -0.05) is 28.1 Å². The SMILES string of the molecule is CC(N)C(=O)OC(C)(C)Cc1ccc(Br)cc1. The highest BCUT2D eigenvalue weighted by Gasteiger charge is 2.24. The molecule has 0 bridgehead atoms. The topological polar surface area (TPSA) is 52.3 Å². The van der Waals surface area contributed by atoms with E-state index in [-0.39, 0.29) is 5.97 Å². The quantitative estimate of drug-likeness (QED) is 0.870. The number of carbonyl (C=O) groups is 1. The van der Waals surface area contributed by atoms with Crippen molar-refractivity contribution in [2.24, 2.45) is 5.73 Å². The van der Waals surface area contributed by atoms with Crippen molar-refractivity contribution in [2.75, 3.05) is 0 Å². The van der Waals surface area contributed by atoms with Crippen molar-refractivity contribution in [2.45, 2.75) is 38.8 Å². The largest absolute Gasteiger partial charge is 0.458 e. The van der Waals surface area contributed by atoms with Crippen LogP contribution >= 0.6 is 15.9 Å². The molecule has 0 spiro atoms. The Morgan fingerprint density at radius 1 is 1.41 bits per heavy atom. The van der Waals surface area contributed by atoms with Gasteiger partial charge in [-0.2, -0.15) is 0 Å². The Kier molecular flexibility index (Phi) is 4.71. The number of hydrogen-bond acceptors (Lipinski definition) is 3. The van der Waals surface area contributed by atoms with Crippen molar-refractivity contribution in [3.05, 3.63) is 34.3 Å². The molecule has 2 N–H and O–H groups in total. The van der Waals surface area contributed by atoms with Gasteiger partial charge in [-0.15, -0.1) is 0 Å². The third-order valence-corrected chi connectivity index (χ3v) is 2.82. The summed E-state index contributed by atoms with van der Waals surface area (Å²) in [5, 5.41) is 0. The number of halogens is 1. The van der Waals surface area contributed by atoms with Crippen LogP contribution in [0.2, 0.25) is 0 Å². The normalized spacial score (nSPS) is 13.2. The maximum absolute atomic E-state index is 11.4. The lowest BCUT2D eigenvalue weighted by Gasteiger charge is -2.26. The maximum Gasteiger partial charge on any atom is 0.323 e. The van der Waals surface area contributed by atoms with Crippen LogP contribution in [-0.4, -0.2) is 17.6 Å². The summed E-state index contributed by atoms with van der Waals surface area (Å²) < 4.78 is 6.39. The average Bonchev–Trinajstić information content (AvgIpc) is 2.20. The number of nitrogens with two attached hydrogens (primary N) is 1. The Balaban J connectivity index is 2.66. The molecule has 0 aromatic heterocycles. The molecule has 17 heavy (non-hydrogen) atoms. The Morgan fingerprint density at radius 2 is 1.94 bits per heavy atom. The van der Waals surface area contributed by atoms with Gasteiger partial charge in [0.2, 0.25) is 0 Å². The molecule has 94 valence electrons. The summed E-state index contributed by atoms with van der Waals surface area (Å²) in [6, 6.07) is 7.37. The molecule has 0 aliphatic heterocycles. The Labute approximate surface area is 110 Å². The fourth-order valence-corrected chi connectivity index (χ4v) is 1.76. The van der Waals surface area contributed by atoms with Crippen LogP contribution < -0.4 is 5.73 Å². The van der Waals surface area contributed by atoms with Crippen molar-refractivity contribution < 1.29 is 9.53 Å². The zero-order valence-electron chi connectivity index (χ0n) is 10.4. The van der Waals surface area contributed by atoms with E-state index in [1.54, 1.807) is 6.92 Å². The molecule has 3 nitrogen and oxygen atoms in total. The van der Waals surface area contributed by atoms with Crippen molar-refractivity contribution in [1.29, 1.82) is 0 Å².